The van der Waals surface area contributed by atoms with Gasteiger partial charge in [0.05, 0.1) is 10.7 Å². The third-order valence-electron chi connectivity index (χ3n) is 4.62. The van der Waals surface area contributed by atoms with Crippen LogP contribution in [-0.2, 0) is 5.41 Å². The highest BCUT2D eigenvalue weighted by atomic mass is 32.1. The van der Waals surface area contributed by atoms with Crippen molar-refractivity contribution in [1.29, 1.82) is 0 Å². The standard InChI is InChI=1S/C19H23N5OS2/c1-12-14(26-17(21-12)19(2,3)4)16(25)23-8-10-24(11-9-23)18-22-13-6-5-7-20-15(13)27-18/h5-7H,8-11H2,1-4H3. The molecule has 4 heterocycles. The number of carbonyl (C=O) groups is 1. The van der Waals surface area contributed by atoms with E-state index in [0.29, 0.717) is 13.1 Å². The number of thiazole rings is 2. The summed E-state index contributed by atoms with van der Waals surface area (Å²) in [4.78, 5) is 32.6. The minimum absolute atomic E-state index is 0.0342. The number of fused-ring (bicyclic) bond motifs is 1. The van der Waals surface area contributed by atoms with E-state index < -0.39 is 0 Å². The van der Waals surface area contributed by atoms with Gasteiger partial charge in [0, 0.05) is 37.8 Å². The molecule has 1 amide bonds. The van der Waals surface area contributed by atoms with E-state index in [4.69, 9.17) is 0 Å². The lowest BCUT2D eigenvalue weighted by Crippen LogP contribution is -2.48. The number of amides is 1. The zero-order chi connectivity index (χ0) is 19.2. The van der Waals surface area contributed by atoms with Crippen molar-refractivity contribution < 1.29 is 4.79 Å². The van der Waals surface area contributed by atoms with Crippen molar-refractivity contribution in [2.24, 2.45) is 0 Å². The second kappa shape index (κ2) is 6.83. The first-order valence-corrected chi connectivity index (χ1v) is 10.7. The maximum atomic E-state index is 13.0. The van der Waals surface area contributed by atoms with Crippen LogP contribution >= 0.6 is 22.7 Å². The van der Waals surface area contributed by atoms with E-state index in [1.165, 1.54) is 11.3 Å². The number of pyridine rings is 1. The van der Waals surface area contributed by atoms with Gasteiger partial charge in [0.15, 0.2) is 5.13 Å². The van der Waals surface area contributed by atoms with Gasteiger partial charge in [-0.2, -0.15) is 0 Å². The Morgan fingerprint density at radius 2 is 1.85 bits per heavy atom. The number of hydrogen-bond acceptors (Lipinski definition) is 7. The van der Waals surface area contributed by atoms with Gasteiger partial charge >= 0.3 is 0 Å². The van der Waals surface area contributed by atoms with Crippen LogP contribution in [0.15, 0.2) is 18.3 Å². The van der Waals surface area contributed by atoms with Crippen LogP contribution in [0.4, 0.5) is 5.13 Å². The molecule has 142 valence electrons. The van der Waals surface area contributed by atoms with Crippen LogP contribution in [0.5, 0.6) is 0 Å². The summed E-state index contributed by atoms with van der Waals surface area (Å²) in [5, 5.41) is 2.00. The SMILES string of the molecule is Cc1nc(C(C)(C)C)sc1C(=O)N1CCN(c2nc3cccnc3s2)CC1. The Morgan fingerprint density at radius 3 is 2.48 bits per heavy atom. The molecule has 0 bridgehead atoms. The molecule has 27 heavy (non-hydrogen) atoms. The van der Waals surface area contributed by atoms with Gasteiger partial charge in [0.2, 0.25) is 0 Å². The molecule has 3 aromatic heterocycles. The van der Waals surface area contributed by atoms with Crippen LogP contribution in [0.25, 0.3) is 10.3 Å². The smallest absolute Gasteiger partial charge is 0.265 e. The average Bonchev–Trinajstić information content (AvgIpc) is 3.24. The van der Waals surface area contributed by atoms with E-state index in [2.05, 4.69) is 40.6 Å². The Kier molecular flexibility index (Phi) is 4.63. The number of hydrogen-bond donors (Lipinski definition) is 0. The maximum absolute atomic E-state index is 13.0. The second-order valence-electron chi connectivity index (χ2n) is 7.79. The Hall–Kier alpha value is -2.06. The second-order valence-corrected chi connectivity index (χ2v) is 9.74. The lowest BCUT2D eigenvalue weighted by molar-refractivity contribution is 0.0750. The van der Waals surface area contributed by atoms with Gasteiger partial charge in [0.25, 0.3) is 5.91 Å². The highest BCUT2D eigenvalue weighted by Crippen LogP contribution is 2.31. The molecule has 1 fully saturated rings. The lowest BCUT2D eigenvalue weighted by Gasteiger charge is -2.34. The molecule has 6 nitrogen and oxygen atoms in total. The Labute approximate surface area is 166 Å². The summed E-state index contributed by atoms with van der Waals surface area (Å²) in [5.74, 6) is 0.103. The molecular formula is C19H23N5OS2. The summed E-state index contributed by atoms with van der Waals surface area (Å²) in [6, 6.07) is 3.90. The molecule has 1 aliphatic heterocycles. The van der Waals surface area contributed by atoms with Gasteiger partial charge in [-0.25, -0.2) is 15.0 Å². The summed E-state index contributed by atoms with van der Waals surface area (Å²) in [5.41, 5.74) is 1.74. The van der Waals surface area contributed by atoms with E-state index in [0.717, 1.165) is 44.1 Å². The topological polar surface area (TPSA) is 62.2 Å². The van der Waals surface area contributed by atoms with E-state index in [1.54, 1.807) is 17.5 Å². The largest absolute Gasteiger partial charge is 0.344 e. The van der Waals surface area contributed by atoms with Gasteiger partial charge in [0.1, 0.15) is 15.2 Å². The minimum Gasteiger partial charge on any atom is -0.344 e. The maximum Gasteiger partial charge on any atom is 0.265 e. The number of anilines is 1. The van der Waals surface area contributed by atoms with Crippen molar-refractivity contribution >= 4 is 44.1 Å². The fourth-order valence-corrected chi connectivity index (χ4v) is 5.11. The number of nitrogens with zero attached hydrogens (tertiary/aromatic N) is 5. The average molecular weight is 402 g/mol. The first-order chi connectivity index (χ1) is 12.8. The van der Waals surface area contributed by atoms with Crippen LogP contribution in [0.1, 0.15) is 41.1 Å². The predicted octanol–water partition coefficient (Wildman–Crippen LogP) is 3.72. The highest BCUT2D eigenvalue weighted by Gasteiger charge is 2.28. The summed E-state index contributed by atoms with van der Waals surface area (Å²) >= 11 is 3.14. The van der Waals surface area contributed by atoms with E-state index in [-0.39, 0.29) is 11.3 Å². The molecule has 1 saturated heterocycles. The molecular weight excluding hydrogens is 378 g/mol. The van der Waals surface area contributed by atoms with Gasteiger partial charge in [-0.1, -0.05) is 32.1 Å². The summed E-state index contributed by atoms with van der Waals surface area (Å²) in [7, 11) is 0. The predicted molar refractivity (Wildman–Crippen MR) is 111 cm³/mol. The summed E-state index contributed by atoms with van der Waals surface area (Å²) in [6.07, 6.45) is 1.80. The van der Waals surface area contributed by atoms with Crippen LogP contribution in [-0.4, -0.2) is 51.9 Å². The normalized spacial score (nSPS) is 15.6. The molecule has 0 aromatic carbocycles. The molecule has 0 atom stereocenters. The molecule has 3 aromatic rings. The number of carbonyl (C=O) groups excluding carboxylic acids is 1. The molecule has 0 unspecified atom stereocenters. The molecule has 0 aliphatic carbocycles. The number of aromatic nitrogens is 3. The number of rotatable bonds is 2. The van der Waals surface area contributed by atoms with Gasteiger partial charge < -0.3 is 9.80 Å². The fourth-order valence-electron chi connectivity index (χ4n) is 3.05. The van der Waals surface area contributed by atoms with Gasteiger partial charge in [-0.15, -0.1) is 11.3 Å². The molecule has 1 aliphatic rings. The van der Waals surface area contributed by atoms with Crippen molar-refractivity contribution in [3.8, 4) is 0 Å². The van der Waals surface area contributed by atoms with Crippen molar-refractivity contribution in [2.75, 3.05) is 31.1 Å². The summed E-state index contributed by atoms with van der Waals surface area (Å²) < 4.78 is 0. The zero-order valence-corrected chi connectivity index (χ0v) is 17.7. The van der Waals surface area contributed by atoms with Crippen LogP contribution in [0, 0.1) is 6.92 Å². The van der Waals surface area contributed by atoms with Crippen molar-refractivity contribution in [3.63, 3.8) is 0 Å². The molecule has 0 N–H and O–H groups in total. The zero-order valence-electron chi connectivity index (χ0n) is 16.0. The monoisotopic (exact) mass is 401 g/mol. The fraction of sp³-hybridized carbons (Fsp3) is 0.474. The molecule has 0 spiro atoms. The van der Waals surface area contributed by atoms with E-state index in [9.17, 15) is 4.79 Å². The first-order valence-electron chi connectivity index (χ1n) is 9.06. The Bertz CT molecular complexity index is 947. The molecule has 4 rings (SSSR count). The first kappa shape index (κ1) is 18.3. The lowest BCUT2D eigenvalue weighted by atomic mass is 9.98. The molecule has 8 heteroatoms. The van der Waals surface area contributed by atoms with Crippen LogP contribution < -0.4 is 4.90 Å². The van der Waals surface area contributed by atoms with Crippen molar-refractivity contribution in [2.45, 2.75) is 33.1 Å². The van der Waals surface area contributed by atoms with Crippen molar-refractivity contribution in [1.82, 2.24) is 19.9 Å². The molecule has 0 radical (unpaired) electrons. The number of piperazine rings is 1. The van der Waals surface area contributed by atoms with Crippen LogP contribution in [0.3, 0.4) is 0 Å². The minimum atomic E-state index is -0.0342. The van der Waals surface area contributed by atoms with E-state index in [1.807, 2.05) is 24.0 Å². The quantitative estimate of drug-likeness (QED) is 0.655. The Morgan fingerprint density at radius 1 is 1.11 bits per heavy atom. The van der Waals surface area contributed by atoms with Crippen LogP contribution in [0.2, 0.25) is 0 Å². The van der Waals surface area contributed by atoms with E-state index >= 15 is 0 Å². The summed E-state index contributed by atoms with van der Waals surface area (Å²) in [6.45, 7) is 11.3. The molecule has 0 saturated carbocycles. The van der Waals surface area contributed by atoms with Crippen molar-refractivity contribution in [3.05, 3.63) is 33.9 Å². The van der Waals surface area contributed by atoms with Gasteiger partial charge in [-0.3, -0.25) is 4.79 Å². The third kappa shape index (κ3) is 3.55. The highest BCUT2D eigenvalue weighted by molar-refractivity contribution is 7.21. The Balaban J connectivity index is 1.46. The van der Waals surface area contributed by atoms with Gasteiger partial charge in [-0.05, 0) is 19.1 Å². The third-order valence-corrected chi connectivity index (χ3v) is 7.24. The number of aryl methyl sites for hydroxylation is 1.